The molecular weight excluding hydrogens is 737 g/mol. The number of hydrogen-bond donors (Lipinski definition) is 2. The van der Waals surface area contributed by atoms with E-state index in [0.717, 1.165) is 91.7 Å². The highest BCUT2D eigenvalue weighted by molar-refractivity contribution is 6.00. The number of fused-ring (bicyclic) bond motifs is 4. The number of H-pyrrole nitrogens is 1. The lowest BCUT2D eigenvalue weighted by Gasteiger charge is -2.15. The molecule has 0 saturated heterocycles. The highest BCUT2D eigenvalue weighted by atomic mass is 16.1. The third kappa shape index (κ3) is 8.12. The average molecular weight is 781 g/mol. The van der Waals surface area contributed by atoms with Gasteiger partial charge in [-0.2, -0.15) is 0 Å². The van der Waals surface area contributed by atoms with E-state index in [0.29, 0.717) is 11.2 Å². The van der Waals surface area contributed by atoms with E-state index in [1.165, 1.54) is 10.8 Å². The number of nitrogens with one attached hydrogen (secondary N) is 2. The Kier molecular flexibility index (Phi) is 10.9. The first-order valence-corrected chi connectivity index (χ1v) is 20.3. The van der Waals surface area contributed by atoms with Gasteiger partial charge in [0, 0.05) is 34.2 Å². The maximum atomic E-state index is 12.7. The molecule has 0 radical (unpaired) electrons. The number of hydrogen-bond acceptors (Lipinski definition) is 6. The van der Waals surface area contributed by atoms with Crippen molar-refractivity contribution in [1.82, 2.24) is 24.8 Å². The molecule has 60 heavy (non-hydrogen) atoms. The van der Waals surface area contributed by atoms with Crippen LogP contribution in [0.5, 0.6) is 0 Å². The topological polar surface area (TPSA) is 86.8 Å². The Bertz CT molecular complexity index is 3160. The molecule has 0 fully saturated rings. The minimum Gasteiger partial charge on any atom is -0.369 e. The number of anilines is 1. The molecule has 2 N–H and O–H groups in total. The summed E-state index contributed by atoms with van der Waals surface area (Å²) in [7, 11) is 4.20. The van der Waals surface area contributed by atoms with Crippen molar-refractivity contribution in [3.05, 3.63) is 192 Å². The molecule has 0 aliphatic rings. The third-order valence-corrected chi connectivity index (χ3v) is 10.7. The van der Waals surface area contributed by atoms with Gasteiger partial charge in [-0.05, 0) is 84.0 Å². The molecule has 2 heterocycles. The number of para-hydroxylation sites is 2. The highest BCUT2D eigenvalue weighted by Gasteiger charge is 2.15. The van der Waals surface area contributed by atoms with Crippen LogP contribution < -0.4 is 10.9 Å². The van der Waals surface area contributed by atoms with Crippen molar-refractivity contribution in [3.63, 3.8) is 0 Å². The molecule has 292 valence electrons. The van der Waals surface area contributed by atoms with E-state index in [-0.39, 0.29) is 5.56 Å². The number of nitrogens with zero attached hydrogens (tertiary/aromatic N) is 4. The smallest absolute Gasteiger partial charge is 0.259 e. The summed E-state index contributed by atoms with van der Waals surface area (Å²) in [5.74, 6) is 2.22. The molecule has 7 heteroatoms. The summed E-state index contributed by atoms with van der Waals surface area (Å²) in [6.07, 6.45) is 1.04. The number of aromatic nitrogens is 4. The Morgan fingerprint density at radius 2 is 1.03 bits per heavy atom. The van der Waals surface area contributed by atoms with Crippen molar-refractivity contribution in [2.24, 2.45) is 0 Å². The molecule has 0 saturated carbocycles. The number of rotatable bonds is 9. The lowest BCUT2D eigenvalue weighted by atomic mass is 10.0. The maximum Gasteiger partial charge on any atom is 0.259 e. The van der Waals surface area contributed by atoms with E-state index in [4.69, 9.17) is 15.0 Å². The first-order chi connectivity index (χ1) is 29.5. The molecule has 2 aromatic heterocycles. The summed E-state index contributed by atoms with van der Waals surface area (Å²) in [6, 6.07) is 61.7. The first kappa shape index (κ1) is 38.1. The fourth-order valence-electron chi connectivity index (χ4n) is 7.68. The summed E-state index contributed by atoms with van der Waals surface area (Å²) in [6.45, 7) is 1.89. The zero-order chi connectivity index (χ0) is 40.8. The lowest BCUT2D eigenvalue weighted by Crippen LogP contribution is -2.17. The van der Waals surface area contributed by atoms with Crippen LogP contribution in [0.25, 0.3) is 88.4 Å². The van der Waals surface area contributed by atoms with Crippen molar-refractivity contribution >= 4 is 49.2 Å². The molecule has 0 spiro atoms. The van der Waals surface area contributed by atoms with Crippen LogP contribution in [0.2, 0.25) is 0 Å². The number of benzene rings is 8. The van der Waals surface area contributed by atoms with Gasteiger partial charge in [0.15, 0.2) is 5.82 Å². The van der Waals surface area contributed by atoms with Crippen molar-refractivity contribution in [3.8, 4) is 45.0 Å². The Hall–Kier alpha value is -7.48. The van der Waals surface area contributed by atoms with Crippen LogP contribution in [-0.2, 0) is 0 Å². The van der Waals surface area contributed by atoms with Crippen molar-refractivity contribution in [1.29, 1.82) is 0 Å². The van der Waals surface area contributed by atoms with Gasteiger partial charge in [0.25, 0.3) is 5.56 Å². The minimum absolute atomic E-state index is 0.124. The second kappa shape index (κ2) is 17.2. The average Bonchev–Trinajstić information content (AvgIpc) is 3.30. The molecule has 0 bridgehead atoms. The van der Waals surface area contributed by atoms with Gasteiger partial charge in [0.05, 0.1) is 16.4 Å². The summed E-state index contributed by atoms with van der Waals surface area (Å²) in [4.78, 5) is 32.8. The largest absolute Gasteiger partial charge is 0.369 e. The zero-order valence-electron chi connectivity index (χ0n) is 33.6. The molecule has 10 aromatic rings. The van der Waals surface area contributed by atoms with Gasteiger partial charge in [0.1, 0.15) is 11.6 Å². The van der Waals surface area contributed by atoms with Gasteiger partial charge in [-0.1, -0.05) is 158 Å². The standard InChI is InChI=1S/C29H28N4.C24H16N2O/c1-33(2)19-9-18-30-29-26-15-8-14-25(22-11-4-3-5-12-22)27(26)31-28(32-29)24-17-16-21-10-6-7-13-23(21)20-24;27-24-21-12-6-11-20(17-8-2-1-3-9-17)22(21)25-23(26-24)19-14-13-16-7-4-5-10-18(16)15-19/h3-8,10-17,20H,9,18-19H2,1-2H3,(H,30,31,32);1-15H,(H,25,26,27). The summed E-state index contributed by atoms with van der Waals surface area (Å²) in [5.41, 5.74) is 7.77. The van der Waals surface area contributed by atoms with E-state index in [1.54, 1.807) is 0 Å². The summed E-state index contributed by atoms with van der Waals surface area (Å²) >= 11 is 0. The van der Waals surface area contributed by atoms with Crippen LogP contribution in [0.4, 0.5) is 5.82 Å². The van der Waals surface area contributed by atoms with Crippen LogP contribution >= 0.6 is 0 Å². The molecule has 0 amide bonds. The van der Waals surface area contributed by atoms with Crippen LogP contribution in [0, 0.1) is 0 Å². The lowest BCUT2D eigenvalue weighted by molar-refractivity contribution is 0.405. The summed E-state index contributed by atoms with van der Waals surface area (Å²) in [5, 5.41) is 9.92. The van der Waals surface area contributed by atoms with Crippen LogP contribution in [0.3, 0.4) is 0 Å². The SMILES string of the molecule is CN(C)CCCNc1nc(-c2ccc3ccccc3c2)nc2c(-c3ccccc3)cccc12.O=c1[nH]c(-c2ccc3ccccc3c2)nc2c(-c3ccccc3)cccc12. The first-order valence-electron chi connectivity index (χ1n) is 20.3. The van der Waals surface area contributed by atoms with E-state index in [9.17, 15) is 4.79 Å². The van der Waals surface area contributed by atoms with Gasteiger partial charge in [0.2, 0.25) is 0 Å². The molecule has 7 nitrogen and oxygen atoms in total. The fraction of sp³-hybridized carbons (Fsp3) is 0.0943. The Labute approximate surface area is 349 Å². The normalized spacial score (nSPS) is 11.2. The van der Waals surface area contributed by atoms with E-state index in [2.05, 4.69) is 138 Å². The molecule has 0 aliphatic carbocycles. The second-order valence-corrected chi connectivity index (χ2v) is 15.2. The fourth-order valence-corrected chi connectivity index (χ4v) is 7.68. The Morgan fingerprint density at radius 3 is 1.65 bits per heavy atom. The number of aromatic amines is 1. The van der Waals surface area contributed by atoms with Crippen molar-refractivity contribution in [2.75, 3.05) is 32.5 Å². The molecule has 0 atom stereocenters. The monoisotopic (exact) mass is 780 g/mol. The van der Waals surface area contributed by atoms with Gasteiger partial charge < -0.3 is 15.2 Å². The molecule has 0 unspecified atom stereocenters. The Morgan fingerprint density at radius 1 is 0.500 bits per heavy atom. The molecular formula is C53H44N6O. The minimum atomic E-state index is -0.124. The van der Waals surface area contributed by atoms with Crippen LogP contribution in [0.1, 0.15) is 6.42 Å². The third-order valence-electron chi connectivity index (χ3n) is 10.7. The van der Waals surface area contributed by atoms with Gasteiger partial charge in [-0.15, -0.1) is 0 Å². The molecule has 8 aromatic carbocycles. The van der Waals surface area contributed by atoms with Crippen molar-refractivity contribution in [2.45, 2.75) is 6.42 Å². The van der Waals surface area contributed by atoms with Gasteiger partial charge in [-0.25, -0.2) is 15.0 Å². The Balaban J connectivity index is 0.000000157. The predicted octanol–water partition coefficient (Wildman–Crippen LogP) is 11.9. The van der Waals surface area contributed by atoms with Crippen LogP contribution in [0.15, 0.2) is 187 Å². The van der Waals surface area contributed by atoms with E-state index >= 15 is 0 Å². The maximum absolute atomic E-state index is 12.7. The molecule has 0 aliphatic heterocycles. The quantitative estimate of drug-likeness (QED) is 0.142. The molecule has 10 rings (SSSR count). The second-order valence-electron chi connectivity index (χ2n) is 15.2. The van der Waals surface area contributed by atoms with E-state index < -0.39 is 0 Å². The predicted molar refractivity (Wildman–Crippen MR) is 250 cm³/mol. The van der Waals surface area contributed by atoms with Crippen molar-refractivity contribution < 1.29 is 0 Å². The highest BCUT2D eigenvalue weighted by Crippen LogP contribution is 2.34. The van der Waals surface area contributed by atoms with E-state index in [1.807, 2.05) is 72.8 Å². The van der Waals surface area contributed by atoms with Crippen LogP contribution in [-0.4, -0.2) is 52.0 Å². The van der Waals surface area contributed by atoms with Gasteiger partial charge in [-0.3, -0.25) is 4.79 Å². The summed E-state index contributed by atoms with van der Waals surface area (Å²) < 4.78 is 0. The van der Waals surface area contributed by atoms with Gasteiger partial charge >= 0.3 is 0 Å². The zero-order valence-corrected chi connectivity index (χ0v) is 33.6.